The molecule has 0 N–H and O–H groups in total. The Bertz CT molecular complexity index is 3560. The predicted octanol–water partition coefficient (Wildman–Crippen LogP) is 17.2. The van der Waals surface area contributed by atoms with Crippen LogP contribution in [0, 0.1) is 0 Å². The molecule has 0 fully saturated rings. The van der Waals surface area contributed by atoms with Crippen LogP contribution in [0.3, 0.4) is 0 Å². The number of aromatic nitrogens is 1. The SMILES string of the molecule is c1ccc(-c2ccc(N(c3ccc(-c4ccc(-c5cccc6ccccc56)cc4)cc3)c3ccc(-c4c(-n5c6ccccc6c6ccccc65)ccc5ccccc45)cc3)cc2)cc1. The maximum atomic E-state index is 2.44. The first kappa shape index (κ1) is 37.3. The lowest BCUT2D eigenvalue weighted by Gasteiger charge is -2.26. The van der Waals surface area contributed by atoms with Crippen LogP contribution in [-0.2, 0) is 0 Å². The van der Waals surface area contributed by atoms with E-state index in [0.29, 0.717) is 0 Å². The van der Waals surface area contributed by atoms with Crippen LogP contribution in [0.2, 0.25) is 0 Å². The summed E-state index contributed by atoms with van der Waals surface area (Å²) in [6.45, 7) is 0. The Morgan fingerprint density at radius 2 is 0.656 bits per heavy atom. The fourth-order valence-corrected chi connectivity index (χ4v) is 9.71. The molecule has 0 amide bonds. The lowest BCUT2D eigenvalue weighted by Crippen LogP contribution is -2.10. The summed E-state index contributed by atoms with van der Waals surface area (Å²) in [5, 5.41) is 7.48. The molecular weight excluding hydrogens is 773 g/mol. The highest BCUT2D eigenvalue weighted by Gasteiger charge is 2.19. The van der Waals surface area contributed by atoms with Gasteiger partial charge in [0.05, 0.1) is 16.7 Å². The molecule has 1 heterocycles. The summed E-state index contributed by atoms with van der Waals surface area (Å²) in [7, 11) is 0. The van der Waals surface area contributed by atoms with E-state index in [0.717, 1.165) is 22.7 Å². The van der Waals surface area contributed by atoms with Crippen LogP contribution in [0.15, 0.2) is 255 Å². The molecule has 12 rings (SSSR count). The second-order valence-electron chi connectivity index (χ2n) is 16.5. The molecule has 0 aliphatic heterocycles. The molecule has 2 nitrogen and oxygen atoms in total. The third-order valence-corrected chi connectivity index (χ3v) is 12.8. The largest absolute Gasteiger partial charge is 0.311 e. The summed E-state index contributed by atoms with van der Waals surface area (Å²) in [5.74, 6) is 0. The van der Waals surface area contributed by atoms with Crippen molar-refractivity contribution in [2.45, 2.75) is 0 Å². The molecule has 300 valence electrons. The van der Waals surface area contributed by atoms with Crippen molar-refractivity contribution in [3.05, 3.63) is 255 Å². The second-order valence-corrected chi connectivity index (χ2v) is 16.5. The summed E-state index contributed by atoms with van der Waals surface area (Å²) >= 11 is 0. The van der Waals surface area contributed by atoms with Gasteiger partial charge in [0.25, 0.3) is 0 Å². The number of hydrogen-bond donors (Lipinski definition) is 0. The fraction of sp³-hybridized carbons (Fsp3) is 0. The van der Waals surface area contributed by atoms with Gasteiger partial charge in [-0.25, -0.2) is 0 Å². The molecule has 12 aromatic rings. The average molecular weight is 815 g/mol. The Morgan fingerprint density at radius 1 is 0.250 bits per heavy atom. The smallest absolute Gasteiger partial charge is 0.0547 e. The zero-order valence-electron chi connectivity index (χ0n) is 35.1. The molecule has 11 aromatic carbocycles. The minimum Gasteiger partial charge on any atom is -0.311 e. The maximum Gasteiger partial charge on any atom is 0.0547 e. The van der Waals surface area contributed by atoms with Gasteiger partial charge in [0.2, 0.25) is 0 Å². The molecule has 0 saturated heterocycles. The summed E-state index contributed by atoms with van der Waals surface area (Å²) in [5.41, 5.74) is 16.4. The van der Waals surface area contributed by atoms with Crippen molar-refractivity contribution < 1.29 is 0 Å². The number of rotatable bonds is 8. The molecule has 1 aromatic heterocycles. The highest BCUT2D eigenvalue weighted by atomic mass is 15.1. The molecular formula is C62H42N2. The summed E-state index contributed by atoms with van der Waals surface area (Å²) in [6, 6.07) is 92.6. The molecule has 64 heavy (non-hydrogen) atoms. The van der Waals surface area contributed by atoms with Crippen molar-refractivity contribution in [3.63, 3.8) is 0 Å². The molecule has 0 saturated carbocycles. The van der Waals surface area contributed by atoms with Gasteiger partial charge in [0, 0.05) is 33.4 Å². The van der Waals surface area contributed by atoms with Gasteiger partial charge in [-0.15, -0.1) is 0 Å². The van der Waals surface area contributed by atoms with Crippen LogP contribution < -0.4 is 4.90 Å². The Kier molecular flexibility index (Phi) is 9.20. The third-order valence-electron chi connectivity index (χ3n) is 12.8. The third kappa shape index (κ3) is 6.52. The fourth-order valence-electron chi connectivity index (χ4n) is 9.71. The van der Waals surface area contributed by atoms with Gasteiger partial charge < -0.3 is 9.47 Å². The molecule has 0 aliphatic carbocycles. The zero-order chi connectivity index (χ0) is 42.4. The van der Waals surface area contributed by atoms with E-state index in [1.807, 2.05) is 0 Å². The highest BCUT2D eigenvalue weighted by molar-refractivity contribution is 6.11. The first-order valence-corrected chi connectivity index (χ1v) is 22.0. The first-order chi connectivity index (χ1) is 31.7. The summed E-state index contributed by atoms with van der Waals surface area (Å²) < 4.78 is 2.44. The van der Waals surface area contributed by atoms with Crippen molar-refractivity contribution in [1.29, 1.82) is 0 Å². The molecule has 0 radical (unpaired) electrons. The molecule has 0 atom stereocenters. The van der Waals surface area contributed by atoms with E-state index < -0.39 is 0 Å². The Hall–Kier alpha value is -8.46. The number of fused-ring (bicyclic) bond motifs is 5. The van der Waals surface area contributed by atoms with Crippen LogP contribution in [-0.4, -0.2) is 4.57 Å². The Labute approximate surface area is 373 Å². The lowest BCUT2D eigenvalue weighted by atomic mass is 9.95. The van der Waals surface area contributed by atoms with E-state index in [9.17, 15) is 0 Å². The number of para-hydroxylation sites is 2. The monoisotopic (exact) mass is 814 g/mol. The van der Waals surface area contributed by atoms with Crippen LogP contribution in [0.1, 0.15) is 0 Å². The average Bonchev–Trinajstić information content (AvgIpc) is 3.71. The predicted molar refractivity (Wildman–Crippen MR) is 272 cm³/mol. The molecule has 0 unspecified atom stereocenters. The van der Waals surface area contributed by atoms with E-state index >= 15 is 0 Å². The van der Waals surface area contributed by atoms with Gasteiger partial charge in [0.1, 0.15) is 0 Å². The Balaban J connectivity index is 0.945. The number of anilines is 3. The van der Waals surface area contributed by atoms with E-state index in [2.05, 4.69) is 264 Å². The van der Waals surface area contributed by atoms with Crippen LogP contribution in [0.5, 0.6) is 0 Å². The van der Waals surface area contributed by atoms with Crippen molar-refractivity contribution >= 4 is 60.4 Å². The highest BCUT2D eigenvalue weighted by Crippen LogP contribution is 2.42. The van der Waals surface area contributed by atoms with E-state index in [4.69, 9.17) is 0 Å². The number of benzene rings is 11. The van der Waals surface area contributed by atoms with Crippen LogP contribution in [0.4, 0.5) is 17.1 Å². The quantitative estimate of drug-likeness (QED) is 0.148. The van der Waals surface area contributed by atoms with Crippen molar-refractivity contribution in [1.82, 2.24) is 4.57 Å². The minimum absolute atomic E-state index is 1.09. The number of hydrogen-bond acceptors (Lipinski definition) is 1. The van der Waals surface area contributed by atoms with Crippen LogP contribution in [0.25, 0.3) is 93.5 Å². The van der Waals surface area contributed by atoms with Gasteiger partial charge in [-0.3, -0.25) is 0 Å². The van der Waals surface area contributed by atoms with Gasteiger partial charge in [-0.1, -0.05) is 200 Å². The van der Waals surface area contributed by atoms with Crippen LogP contribution >= 0.6 is 0 Å². The number of nitrogens with zero attached hydrogens (tertiary/aromatic N) is 2. The zero-order valence-corrected chi connectivity index (χ0v) is 35.1. The standard InChI is InChI=1S/C62H42N2/c1-2-13-43(14-3-1)45-29-36-51(37-30-45)63(52-38-31-46(32-39-52)44-25-27-49(28-26-44)55-22-12-17-47-15-4-6-18-54(47)55)53-40-33-50(34-41-53)62-56-19-7-5-16-48(56)35-42-61(62)64-59-23-10-8-20-57(59)58-21-9-11-24-60(58)64/h1-42H. The van der Waals surface area contributed by atoms with E-state index in [1.165, 1.54) is 87.9 Å². The van der Waals surface area contributed by atoms with E-state index in [-0.39, 0.29) is 0 Å². The van der Waals surface area contributed by atoms with Crippen molar-refractivity contribution in [3.8, 4) is 50.2 Å². The minimum atomic E-state index is 1.09. The van der Waals surface area contributed by atoms with Gasteiger partial charge in [0.15, 0.2) is 0 Å². The normalized spacial score (nSPS) is 11.4. The molecule has 2 heteroatoms. The summed E-state index contributed by atoms with van der Waals surface area (Å²) in [4.78, 5) is 2.36. The first-order valence-electron chi connectivity index (χ1n) is 22.0. The molecule has 0 aliphatic rings. The topological polar surface area (TPSA) is 8.17 Å². The van der Waals surface area contributed by atoms with Crippen molar-refractivity contribution in [2.75, 3.05) is 4.90 Å². The molecule has 0 bridgehead atoms. The molecule has 0 spiro atoms. The lowest BCUT2D eigenvalue weighted by molar-refractivity contribution is 1.19. The maximum absolute atomic E-state index is 2.44. The van der Waals surface area contributed by atoms with Gasteiger partial charge in [-0.2, -0.15) is 0 Å². The van der Waals surface area contributed by atoms with Gasteiger partial charge >= 0.3 is 0 Å². The summed E-state index contributed by atoms with van der Waals surface area (Å²) in [6.07, 6.45) is 0. The Morgan fingerprint density at radius 3 is 1.23 bits per heavy atom. The van der Waals surface area contributed by atoms with Gasteiger partial charge in [-0.05, 0) is 115 Å². The van der Waals surface area contributed by atoms with E-state index in [1.54, 1.807) is 0 Å². The second kappa shape index (κ2) is 15.8. The van der Waals surface area contributed by atoms with Crippen molar-refractivity contribution in [2.24, 2.45) is 0 Å².